The molecular formula is C20H29N5O2S. The SMILES string of the molecule is CCCCNC(=O)NC(=O)CSc1nnc(-c2ccc(C(C)(C)C)cc2)n1C. The highest BCUT2D eigenvalue weighted by Crippen LogP contribution is 2.26. The lowest BCUT2D eigenvalue weighted by molar-refractivity contribution is -0.117. The van der Waals surface area contributed by atoms with Crippen molar-refractivity contribution in [1.29, 1.82) is 0 Å². The van der Waals surface area contributed by atoms with Gasteiger partial charge in [0, 0.05) is 19.2 Å². The van der Waals surface area contributed by atoms with Crippen molar-refractivity contribution in [2.45, 2.75) is 51.1 Å². The smallest absolute Gasteiger partial charge is 0.321 e. The predicted molar refractivity (Wildman–Crippen MR) is 112 cm³/mol. The molecule has 0 radical (unpaired) electrons. The summed E-state index contributed by atoms with van der Waals surface area (Å²) in [5, 5.41) is 14.0. The minimum absolute atomic E-state index is 0.0929. The summed E-state index contributed by atoms with van der Waals surface area (Å²) in [7, 11) is 1.87. The number of imide groups is 1. The van der Waals surface area contributed by atoms with E-state index < -0.39 is 6.03 Å². The van der Waals surface area contributed by atoms with Crippen molar-refractivity contribution in [2.75, 3.05) is 12.3 Å². The van der Waals surface area contributed by atoms with E-state index in [1.165, 1.54) is 17.3 Å². The lowest BCUT2D eigenvalue weighted by Gasteiger charge is -2.19. The Bertz CT molecular complexity index is 809. The topological polar surface area (TPSA) is 88.9 Å². The minimum Gasteiger partial charge on any atom is -0.338 e. The van der Waals surface area contributed by atoms with E-state index in [1.807, 2.05) is 30.7 Å². The first-order valence-corrected chi connectivity index (χ1v) is 10.4. The zero-order chi connectivity index (χ0) is 20.7. The monoisotopic (exact) mass is 403 g/mol. The van der Waals surface area contributed by atoms with Crippen LogP contribution >= 0.6 is 11.8 Å². The molecule has 0 bridgehead atoms. The number of nitrogens with one attached hydrogen (secondary N) is 2. The number of carbonyl (C=O) groups excluding carboxylic acids is 2. The van der Waals surface area contributed by atoms with E-state index in [0.29, 0.717) is 11.7 Å². The first-order chi connectivity index (χ1) is 13.2. The highest BCUT2D eigenvalue weighted by Gasteiger charge is 2.16. The van der Waals surface area contributed by atoms with Gasteiger partial charge >= 0.3 is 6.03 Å². The largest absolute Gasteiger partial charge is 0.338 e. The second-order valence-electron chi connectivity index (χ2n) is 7.64. The summed E-state index contributed by atoms with van der Waals surface area (Å²) >= 11 is 1.25. The number of nitrogens with zero attached hydrogens (tertiary/aromatic N) is 3. The fourth-order valence-electron chi connectivity index (χ4n) is 2.53. The third kappa shape index (κ3) is 6.09. The molecule has 0 saturated heterocycles. The minimum atomic E-state index is -0.461. The van der Waals surface area contributed by atoms with Gasteiger partial charge in [-0.05, 0) is 17.4 Å². The molecule has 0 aliphatic heterocycles. The van der Waals surface area contributed by atoms with Crippen molar-refractivity contribution < 1.29 is 9.59 Å². The summed E-state index contributed by atoms with van der Waals surface area (Å²) in [5.41, 5.74) is 2.31. The van der Waals surface area contributed by atoms with Gasteiger partial charge in [-0.2, -0.15) is 0 Å². The van der Waals surface area contributed by atoms with Crippen LogP contribution in [0, 0.1) is 0 Å². The van der Waals surface area contributed by atoms with Crippen LogP contribution < -0.4 is 10.6 Å². The van der Waals surface area contributed by atoms with Gasteiger partial charge in [0.15, 0.2) is 11.0 Å². The average molecular weight is 404 g/mol. The van der Waals surface area contributed by atoms with Gasteiger partial charge in [-0.15, -0.1) is 10.2 Å². The van der Waals surface area contributed by atoms with Crippen LogP contribution in [0.3, 0.4) is 0 Å². The van der Waals surface area contributed by atoms with Gasteiger partial charge in [0.1, 0.15) is 0 Å². The lowest BCUT2D eigenvalue weighted by Crippen LogP contribution is -2.40. The van der Waals surface area contributed by atoms with Crippen LogP contribution in [0.15, 0.2) is 29.4 Å². The van der Waals surface area contributed by atoms with Crippen LogP contribution in [0.25, 0.3) is 11.4 Å². The first kappa shape index (κ1) is 21.9. The second kappa shape index (κ2) is 9.73. The number of benzene rings is 1. The summed E-state index contributed by atoms with van der Waals surface area (Å²) in [4.78, 5) is 23.5. The zero-order valence-electron chi connectivity index (χ0n) is 17.2. The van der Waals surface area contributed by atoms with Crippen LogP contribution in [0.2, 0.25) is 0 Å². The number of amides is 3. The number of aromatic nitrogens is 3. The molecule has 1 heterocycles. The summed E-state index contributed by atoms with van der Waals surface area (Å²) in [5.74, 6) is 0.467. The summed E-state index contributed by atoms with van der Waals surface area (Å²) in [6.45, 7) is 9.12. The summed E-state index contributed by atoms with van der Waals surface area (Å²) in [6.07, 6.45) is 1.87. The quantitative estimate of drug-likeness (QED) is 0.546. The van der Waals surface area contributed by atoms with Crippen molar-refractivity contribution in [3.05, 3.63) is 29.8 Å². The number of thioether (sulfide) groups is 1. The van der Waals surface area contributed by atoms with E-state index in [-0.39, 0.29) is 17.1 Å². The Balaban J connectivity index is 1.94. The molecule has 0 spiro atoms. The zero-order valence-corrected chi connectivity index (χ0v) is 18.0. The third-order valence-corrected chi connectivity index (χ3v) is 5.27. The number of carbonyl (C=O) groups is 2. The molecule has 0 saturated carbocycles. The molecule has 7 nitrogen and oxygen atoms in total. The van der Waals surface area contributed by atoms with E-state index in [4.69, 9.17) is 0 Å². The Morgan fingerprint density at radius 3 is 2.43 bits per heavy atom. The fourth-order valence-corrected chi connectivity index (χ4v) is 3.24. The van der Waals surface area contributed by atoms with E-state index in [1.54, 1.807) is 0 Å². The van der Waals surface area contributed by atoms with Gasteiger partial charge in [-0.25, -0.2) is 4.79 Å². The van der Waals surface area contributed by atoms with E-state index in [9.17, 15) is 9.59 Å². The second-order valence-corrected chi connectivity index (χ2v) is 8.58. The van der Waals surface area contributed by atoms with Crippen LogP contribution in [0.5, 0.6) is 0 Å². The Morgan fingerprint density at radius 1 is 1.14 bits per heavy atom. The first-order valence-electron chi connectivity index (χ1n) is 9.43. The van der Waals surface area contributed by atoms with Gasteiger partial charge in [0.05, 0.1) is 5.75 Å². The molecule has 0 atom stereocenters. The molecule has 28 heavy (non-hydrogen) atoms. The van der Waals surface area contributed by atoms with Crippen molar-refractivity contribution >= 4 is 23.7 Å². The molecule has 2 aromatic rings. The van der Waals surface area contributed by atoms with Crippen molar-refractivity contribution in [2.24, 2.45) is 7.05 Å². The van der Waals surface area contributed by atoms with E-state index in [0.717, 1.165) is 24.2 Å². The van der Waals surface area contributed by atoms with Crippen LogP contribution in [-0.4, -0.2) is 39.0 Å². The standard InChI is InChI=1S/C20H29N5O2S/c1-6-7-12-21-18(27)22-16(26)13-28-19-24-23-17(25(19)5)14-8-10-15(11-9-14)20(2,3)4/h8-11H,6-7,12-13H2,1-5H3,(H2,21,22,26,27). The van der Waals surface area contributed by atoms with Crippen molar-refractivity contribution in [1.82, 2.24) is 25.4 Å². The Morgan fingerprint density at radius 2 is 1.82 bits per heavy atom. The molecule has 0 aliphatic rings. The molecule has 3 amide bonds. The van der Waals surface area contributed by atoms with Gasteiger partial charge < -0.3 is 9.88 Å². The molecule has 152 valence electrons. The molecule has 8 heteroatoms. The normalized spacial score (nSPS) is 11.3. The van der Waals surface area contributed by atoms with Crippen LogP contribution in [0.4, 0.5) is 4.79 Å². The number of rotatable bonds is 7. The molecule has 0 fully saturated rings. The van der Waals surface area contributed by atoms with Gasteiger partial charge in [-0.3, -0.25) is 10.1 Å². The predicted octanol–water partition coefficient (Wildman–Crippen LogP) is 3.50. The Labute approximate surface area is 170 Å². The maximum atomic E-state index is 11.9. The highest BCUT2D eigenvalue weighted by molar-refractivity contribution is 7.99. The molecule has 0 aliphatic carbocycles. The Kier molecular flexibility index (Phi) is 7.62. The van der Waals surface area contributed by atoms with Gasteiger partial charge in [0.25, 0.3) is 0 Å². The fraction of sp³-hybridized carbons (Fsp3) is 0.500. The lowest BCUT2D eigenvalue weighted by atomic mass is 9.87. The molecule has 2 rings (SSSR count). The highest BCUT2D eigenvalue weighted by atomic mass is 32.2. The van der Waals surface area contributed by atoms with E-state index >= 15 is 0 Å². The molecule has 2 N–H and O–H groups in total. The number of urea groups is 1. The van der Waals surface area contributed by atoms with Crippen LogP contribution in [0.1, 0.15) is 46.1 Å². The molecular weight excluding hydrogens is 374 g/mol. The van der Waals surface area contributed by atoms with Crippen LogP contribution in [-0.2, 0) is 17.3 Å². The number of unbranched alkanes of at least 4 members (excludes halogenated alkanes) is 1. The van der Waals surface area contributed by atoms with Gasteiger partial charge in [0.2, 0.25) is 5.91 Å². The van der Waals surface area contributed by atoms with Gasteiger partial charge in [-0.1, -0.05) is 70.1 Å². The summed E-state index contributed by atoms with van der Waals surface area (Å²) < 4.78 is 1.85. The van der Waals surface area contributed by atoms with Crippen molar-refractivity contribution in [3.63, 3.8) is 0 Å². The summed E-state index contributed by atoms with van der Waals surface area (Å²) in [6, 6.07) is 7.80. The third-order valence-electron chi connectivity index (χ3n) is 4.25. The van der Waals surface area contributed by atoms with Crippen molar-refractivity contribution in [3.8, 4) is 11.4 Å². The number of hydrogen-bond acceptors (Lipinski definition) is 5. The maximum Gasteiger partial charge on any atom is 0.321 e. The average Bonchev–Trinajstić information content (AvgIpc) is 3.00. The molecule has 1 aromatic heterocycles. The molecule has 1 aromatic carbocycles. The molecule has 0 unspecified atom stereocenters. The van der Waals surface area contributed by atoms with E-state index in [2.05, 4.69) is 53.7 Å². The number of hydrogen-bond donors (Lipinski definition) is 2. The Hall–Kier alpha value is -2.35. The maximum absolute atomic E-state index is 11.9.